The van der Waals surface area contributed by atoms with Crippen LogP contribution >= 0.6 is 0 Å². The molecule has 1 spiro atoms. The number of nitrogens with zero attached hydrogens (tertiary/aromatic N) is 3. The van der Waals surface area contributed by atoms with Gasteiger partial charge >= 0.3 is 5.97 Å². The number of ether oxygens (including phenoxy) is 2. The number of likely N-dealkylation sites (tertiary alicyclic amines) is 1. The van der Waals surface area contributed by atoms with Crippen molar-refractivity contribution in [2.24, 2.45) is 0 Å². The van der Waals surface area contributed by atoms with Crippen LogP contribution in [0.4, 0.5) is 0 Å². The summed E-state index contributed by atoms with van der Waals surface area (Å²) in [5.74, 6) is 0.330. The fourth-order valence-electron chi connectivity index (χ4n) is 4.54. The van der Waals surface area contributed by atoms with E-state index in [9.17, 15) is 9.59 Å². The lowest BCUT2D eigenvalue weighted by Crippen LogP contribution is -2.40. The highest BCUT2D eigenvalue weighted by molar-refractivity contribution is 5.95. The van der Waals surface area contributed by atoms with Crippen LogP contribution < -0.4 is 4.74 Å². The average Bonchev–Trinajstić information content (AvgIpc) is 3.38. The zero-order chi connectivity index (χ0) is 20.1. The monoisotopic (exact) mass is 389 g/mol. The third-order valence-electron chi connectivity index (χ3n) is 6.21. The van der Waals surface area contributed by atoms with E-state index in [1.807, 2.05) is 29.2 Å². The maximum absolute atomic E-state index is 13.4. The first-order chi connectivity index (χ1) is 14.1. The summed E-state index contributed by atoms with van der Waals surface area (Å²) in [5.41, 5.74) is 1.02. The van der Waals surface area contributed by atoms with Crippen LogP contribution in [0.1, 0.15) is 40.7 Å². The Kier molecular flexibility index (Phi) is 3.85. The Morgan fingerprint density at radius 1 is 1.24 bits per heavy atom. The molecule has 0 radical (unpaired) electrons. The molecule has 0 N–H and O–H groups in total. The number of aromatic nitrogens is 1. The Bertz CT molecular complexity index is 1040. The van der Waals surface area contributed by atoms with Crippen molar-refractivity contribution < 1.29 is 19.1 Å². The van der Waals surface area contributed by atoms with Crippen molar-refractivity contribution in [2.75, 3.05) is 19.7 Å². The molecule has 1 aromatic heterocycles. The number of amides is 1. The predicted molar refractivity (Wildman–Crippen MR) is 101 cm³/mol. The van der Waals surface area contributed by atoms with Gasteiger partial charge in [-0.2, -0.15) is 5.26 Å². The molecule has 1 saturated carbocycles. The standard InChI is InChI=1S/C22H19N3O4/c23-9-12-28-16-3-1-15(2-4-16)21(6-7-21)20(27)25-11-8-22(14-25)18-5-10-24-13-17(18)19(26)29-22/h1-5,10,13H,6-8,11-12,14H2. The van der Waals surface area contributed by atoms with E-state index in [1.165, 1.54) is 6.20 Å². The number of hydrogen-bond acceptors (Lipinski definition) is 6. The quantitative estimate of drug-likeness (QED) is 0.745. The lowest BCUT2D eigenvalue weighted by Gasteiger charge is -2.27. The van der Waals surface area contributed by atoms with E-state index in [0.29, 0.717) is 30.8 Å². The predicted octanol–water partition coefficient (Wildman–Crippen LogP) is 2.31. The number of nitriles is 1. The van der Waals surface area contributed by atoms with Gasteiger partial charge in [0.2, 0.25) is 5.91 Å². The summed E-state index contributed by atoms with van der Waals surface area (Å²) in [5, 5.41) is 8.62. The first-order valence-electron chi connectivity index (χ1n) is 9.66. The molecule has 0 bridgehead atoms. The molecule has 2 aromatic rings. The third-order valence-corrected chi connectivity index (χ3v) is 6.21. The van der Waals surface area contributed by atoms with Gasteiger partial charge in [0, 0.05) is 30.9 Å². The normalized spacial score (nSPS) is 23.4. The molecule has 1 saturated heterocycles. The van der Waals surface area contributed by atoms with Gasteiger partial charge in [-0.1, -0.05) is 12.1 Å². The second-order valence-corrected chi connectivity index (χ2v) is 7.84. The molecular formula is C22H19N3O4. The molecule has 1 aromatic carbocycles. The van der Waals surface area contributed by atoms with Crippen molar-refractivity contribution in [3.05, 3.63) is 59.4 Å². The van der Waals surface area contributed by atoms with Crippen LogP contribution in [0, 0.1) is 11.3 Å². The number of fused-ring (bicyclic) bond motifs is 2. The number of esters is 1. The Labute approximate surface area is 167 Å². The van der Waals surface area contributed by atoms with Crippen molar-refractivity contribution in [1.29, 1.82) is 5.26 Å². The maximum atomic E-state index is 13.4. The number of benzene rings is 1. The number of pyridine rings is 1. The molecule has 1 atom stereocenters. The SMILES string of the molecule is N#CCOc1ccc(C2(C(=O)N3CCC4(C3)OC(=O)c3cnccc34)CC2)cc1. The summed E-state index contributed by atoms with van der Waals surface area (Å²) in [6, 6.07) is 11.2. The van der Waals surface area contributed by atoms with Gasteiger partial charge in [-0.3, -0.25) is 9.78 Å². The van der Waals surface area contributed by atoms with Crippen LogP contribution in [0.15, 0.2) is 42.7 Å². The van der Waals surface area contributed by atoms with Crippen LogP contribution in [0.2, 0.25) is 0 Å². The zero-order valence-electron chi connectivity index (χ0n) is 15.8. The number of carbonyl (C=O) groups excluding carboxylic acids is 2. The lowest BCUT2D eigenvalue weighted by molar-refractivity contribution is -0.134. The maximum Gasteiger partial charge on any atom is 0.341 e. The molecule has 1 amide bonds. The molecule has 3 aliphatic rings. The summed E-state index contributed by atoms with van der Waals surface area (Å²) in [6.07, 6.45) is 5.39. The smallest absolute Gasteiger partial charge is 0.341 e. The molecule has 3 heterocycles. The Balaban J connectivity index is 1.36. The third kappa shape index (κ3) is 2.67. The first-order valence-corrected chi connectivity index (χ1v) is 9.66. The minimum Gasteiger partial charge on any atom is -0.479 e. The van der Waals surface area contributed by atoms with Gasteiger partial charge in [0.25, 0.3) is 0 Å². The topological polar surface area (TPSA) is 92.5 Å². The van der Waals surface area contributed by atoms with Gasteiger partial charge in [0.15, 0.2) is 12.2 Å². The molecule has 1 unspecified atom stereocenters. The fraction of sp³-hybridized carbons (Fsp3) is 0.364. The lowest BCUT2D eigenvalue weighted by atomic mass is 9.92. The van der Waals surface area contributed by atoms with Crippen LogP contribution in [0.25, 0.3) is 0 Å². The second-order valence-electron chi connectivity index (χ2n) is 7.84. The highest BCUT2D eigenvalue weighted by Crippen LogP contribution is 2.52. The van der Waals surface area contributed by atoms with E-state index in [0.717, 1.165) is 24.0 Å². The van der Waals surface area contributed by atoms with Crippen molar-refractivity contribution >= 4 is 11.9 Å². The molecule has 29 heavy (non-hydrogen) atoms. The van der Waals surface area contributed by atoms with Gasteiger partial charge < -0.3 is 14.4 Å². The molecular weight excluding hydrogens is 370 g/mol. The molecule has 146 valence electrons. The minimum atomic E-state index is -0.754. The Hall–Kier alpha value is -3.40. The summed E-state index contributed by atoms with van der Waals surface area (Å²) in [4.78, 5) is 31.5. The second kappa shape index (κ2) is 6.31. The van der Waals surface area contributed by atoms with Gasteiger partial charge in [-0.15, -0.1) is 0 Å². The average molecular weight is 389 g/mol. The minimum absolute atomic E-state index is 0.00497. The summed E-state index contributed by atoms with van der Waals surface area (Å²) in [7, 11) is 0. The summed E-state index contributed by atoms with van der Waals surface area (Å²) in [6.45, 7) is 0.924. The highest BCUT2D eigenvalue weighted by atomic mass is 16.6. The van der Waals surface area contributed by atoms with E-state index in [1.54, 1.807) is 18.3 Å². The van der Waals surface area contributed by atoms with Gasteiger partial charge in [-0.25, -0.2) is 4.79 Å². The number of rotatable bonds is 4. The Morgan fingerprint density at radius 3 is 2.76 bits per heavy atom. The van der Waals surface area contributed by atoms with E-state index >= 15 is 0 Å². The van der Waals surface area contributed by atoms with Gasteiger partial charge in [0.05, 0.1) is 17.5 Å². The zero-order valence-corrected chi connectivity index (χ0v) is 15.8. The summed E-state index contributed by atoms with van der Waals surface area (Å²) < 4.78 is 11.0. The molecule has 2 aliphatic heterocycles. The first kappa shape index (κ1) is 17.7. The molecule has 2 fully saturated rings. The van der Waals surface area contributed by atoms with Crippen molar-refractivity contribution in [2.45, 2.75) is 30.3 Å². The largest absolute Gasteiger partial charge is 0.479 e. The van der Waals surface area contributed by atoms with Crippen molar-refractivity contribution in [3.63, 3.8) is 0 Å². The van der Waals surface area contributed by atoms with Crippen LogP contribution in [0.3, 0.4) is 0 Å². The molecule has 7 nitrogen and oxygen atoms in total. The van der Waals surface area contributed by atoms with Crippen LogP contribution in [-0.2, 0) is 20.5 Å². The number of hydrogen-bond donors (Lipinski definition) is 0. The van der Waals surface area contributed by atoms with Crippen molar-refractivity contribution in [1.82, 2.24) is 9.88 Å². The van der Waals surface area contributed by atoms with Gasteiger partial charge in [0.1, 0.15) is 11.8 Å². The van der Waals surface area contributed by atoms with E-state index < -0.39 is 11.0 Å². The van der Waals surface area contributed by atoms with E-state index in [2.05, 4.69) is 4.98 Å². The van der Waals surface area contributed by atoms with Gasteiger partial charge in [-0.05, 0) is 36.6 Å². The number of carbonyl (C=O) groups is 2. The molecule has 5 rings (SSSR count). The van der Waals surface area contributed by atoms with E-state index in [4.69, 9.17) is 14.7 Å². The van der Waals surface area contributed by atoms with E-state index in [-0.39, 0.29) is 18.5 Å². The summed E-state index contributed by atoms with van der Waals surface area (Å²) >= 11 is 0. The van der Waals surface area contributed by atoms with Crippen LogP contribution in [0.5, 0.6) is 5.75 Å². The van der Waals surface area contributed by atoms with Crippen LogP contribution in [-0.4, -0.2) is 41.5 Å². The Morgan fingerprint density at radius 2 is 2.03 bits per heavy atom. The van der Waals surface area contributed by atoms with Crippen molar-refractivity contribution in [3.8, 4) is 11.8 Å². The molecule has 1 aliphatic carbocycles. The molecule has 7 heteroatoms. The fourth-order valence-corrected chi connectivity index (χ4v) is 4.54. The highest BCUT2D eigenvalue weighted by Gasteiger charge is 2.57.